The van der Waals surface area contributed by atoms with Crippen LogP contribution < -0.4 is 5.73 Å². The number of nitrogens with two attached hydrogens (primary N) is 1. The topological polar surface area (TPSA) is 49.5 Å². The number of aliphatic hydroxyl groups excluding tert-OH is 1. The van der Waals surface area contributed by atoms with Crippen LogP contribution in [0.4, 0.5) is 5.69 Å². The lowest BCUT2D eigenvalue weighted by molar-refractivity contribution is 0.232. The lowest BCUT2D eigenvalue weighted by atomic mass is 10.0. The van der Waals surface area contributed by atoms with Crippen molar-refractivity contribution in [1.82, 2.24) is 4.90 Å². The van der Waals surface area contributed by atoms with Crippen LogP contribution in [0.5, 0.6) is 0 Å². The van der Waals surface area contributed by atoms with Crippen molar-refractivity contribution in [2.75, 3.05) is 18.9 Å². The zero-order chi connectivity index (χ0) is 9.97. The van der Waals surface area contributed by atoms with Crippen molar-refractivity contribution >= 4 is 11.8 Å². The second kappa shape index (κ2) is 3.72. The first-order valence-corrected chi connectivity index (χ1v) is 4.72. The molecule has 3 N–H and O–H groups in total. The highest BCUT2D eigenvalue weighted by Crippen LogP contribution is 2.24. The number of benzene rings is 1. The minimum absolute atomic E-state index is 0.183. The third kappa shape index (κ3) is 1.59. The summed E-state index contributed by atoms with van der Waals surface area (Å²) in [4.78, 5) is 2.07. The van der Waals surface area contributed by atoms with E-state index >= 15 is 0 Å². The second-order valence-corrected chi connectivity index (χ2v) is 3.43. The summed E-state index contributed by atoms with van der Waals surface area (Å²) in [6.07, 6.45) is 3.98. The van der Waals surface area contributed by atoms with Crippen LogP contribution in [-0.4, -0.2) is 23.2 Å². The summed E-state index contributed by atoms with van der Waals surface area (Å²) in [7, 11) is 0. The fourth-order valence-electron chi connectivity index (χ4n) is 1.71. The van der Waals surface area contributed by atoms with Gasteiger partial charge in [0.2, 0.25) is 0 Å². The molecule has 0 aliphatic carbocycles. The van der Waals surface area contributed by atoms with Gasteiger partial charge in [0.1, 0.15) is 0 Å². The van der Waals surface area contributed by atoms with Crippen LogP contribution >= 0.6 is 0 Å². The van der Waals surface area contributed by atoms with Crippen molar-refractivity contribution in [2.24, 2.45) is 0 Å². The van der Waals surface area contributed by atoms with E-state index in [1.807, 2.05) is 24.4 Å². The molecule has 0 saturated heterocycles. The Hall–Kier alpha value is -1.48. The standard InChI is InChI=1S/C11H14N2O/c12-11-3-1-2-9-8-13(6-7-14)5-4-10(9)11/h1-5,14H,6-8,12H2. The first-order valence-electron chi connectivity index (χ1n) is 4.72. The van der Waals surface area contributed by atoms with E-state index in [1.54, 1.807) is 0 Å². The van der Waals surface area contributed by atoms with Crippen LogP contribution in [0.2, 0.25) is 0 Å². The van der Waals surface area contributed by atoms with Gasteiger partial charge in [-0.25, -0.2) is 0 Å². The first-order chi connectivity index (χ1) is 6.81. The highest BCUT2D eigenvalue weighted by atomic mass is 16.3. The molecule has 74 valence electrons. The summed E-state index contributed by atoms with van der Waals surface area (Å²) in [5.74, 6) is 0. The van der Waals surface area contributed by atoms with Crippen molar-refractivity contribution in [3.63, 3.8) is 0 Å². The zero-order valence-electron chi connectivity index (χ0n) is 7.98. The van der Waals surface area contributed by atoms with Crippen LogP contribution in [0.25, 0.3) is 6.08 Å². The van der Waals surface area contributed by atoms with Gasteiger partial charge in [0.15, 0.2) is 0 Å². The fourth-order valence-corrected chi connectivity index (χ4v) is 1.71. The van der Waals surface area contributed by atoms with E-state index in [4.69, 9.17) is 10.8 Å². The van der Waals surface area contributed by atoms with Crippen molar-refractivity contribution < 1.29 is 5.11 Å². The number of hydrogen-bond donors (Lipinski definition) is 2. The van der Waals surface area contributed by atoms with Gasteiger partial charge in [0.25, 0.3) is 0 Å². The Bertz CT molecular complexity index is 360. The number of aliphatic hydroxyl groups is 1. The van der Waals surface area contributed by atoms with Crippen molar-refractivity contribution in [1.29, 1.82) is 0 Å². The Morgan fingerprint density at radius 1 is 1.43 bits per heavy atom. The number of anilines is 1. The smallest absolute Gasteiger partial charge is 0.0606 e. The highest BCUT2D eigenvalue weighted by molar-refractivity contribution is 5.68. The summed E-state index contributed by atoms with van der Waals surface area (Å²) >= 11 is 0. The van der Waals surface area contributed by atoms with Crippen LogP contribution in [0.15, 0.2) is 24.4 Å². The number of hydrogen-bond acceptors (Lipinski definition) is 3. The highest BCUT2D eigenvalue weighted by Gasteiger charge is 2.11. The molecule has 0 aromatic heterocycles. The van der Waals surface area contributed by atoms with Crippen LogP contribution in [0, 0.1) is 0 Å². The SMILES string of the molecule is Nc1cccc2c1C=CN(CCO)C2. The summed E-state index contributed by atoms with van der Waals surface area (Å²) in [5.41, 5.74) is 9.00. The molecule has 0 atom stereocenters. The number of rotatable bonds is 2. The molecule has 0 bridgehead atoms. The molecule has 2 rings (SSSR count). The Morgan fingerprint density at radius 3 is 3.07 bits per heavy atom. The molecule has 0 radical (unpaired) electrons. The van der Waals surface area contributed by atoms with Gasteiger partial charge in [-0.2, -0.15) is 0 Å². The van der Waals surface area contributed by atoms with Gasteiger partial charge in [-0.1, -0.05) is 12.1 Å². The van der Waals surface area contributed by atoms with Gasteiger partial charge in [0.05, 0.1) is 6.61 Å². The number of nitrogens with zero attached hydrogens (tertiary/aromatic N) is 1. The van der Waals surface area contributed by atoms with E-state index in [-0.39, 0.29) is 6.61 Å². The third-order valence-corrected chi connectivity index (χ3v) is 2.44. The second-order valence-electron chi connectivity index (χ2n) is 3.43. The molecule has 14 heavy (non-hydrogen) atoms. The summed E-state index contributed by atoms with van der Waals surface area (Å²) in [6.45, 7) is 1.68. The van der Waals surface area contributed by atoms with Crippen molar-refractivity contribution in [3.8, 4) is 0 Å². The summed E-state index contributed by atoms with van der Waals surface area (Å²) in [6, 6.07) is 5.94. The number of β-amino-alcohol motifs (C(OH)–C–C–N with tert-alkyl or cyclic N) is 1. The maximum absolute atomic E-state index is 8.82. The Balaban J connectivity index is 2.27. The van der Waals surface area contributed by atoms with Crippen molar-refractivity contribution in [2.45, 2.75) is 6.54 Å². The quantitative estimate of drug-likeness (QED) is 0.685. The molecule has 1 heterocycles. The largest absolute Gasteiger partial charge is 0.398 e. The molecule has 3 nitrogen and oxygen atoms in total. The fraction of sp³-hybridized carbons (Fsp3) is 0.273. The molecule has 0 unspecified atom stereocenters. The zero-order valence-corrected chi connectivity index (χ0v) is 7.98. The van der Waals surface area contributed by atoms with Gasteiger partial charge >= 0.3 is 0 Å². The van der Waals surface area contributed by atoms with Crippen LogP contribution in [0.3, 0.4) is 0 Å². The normalized spacial score (nSPS) is 14.2. The van der Waals surface area contributed by atoms with E-state index < -0.39 is 0 Å². The monoisotopic (exact) mass is 190 g/mol. The number of fused-ring (bicyclic) bond motifs is 1. The van der Waals surface area contributed by atoms with Crippen LogP contribution in [0.1, 0.15) is 11.1 Å². The van der Waals surface area contributed by atoms with E-state index in [2.05, 4.69) is 11.0 Å². The average molecular weight is 190 g/mol. The van der Waals surface area contributed by atoms with Gasteiger partial charge in [-0.05, 0) is 17.7 Å². The lowest BCUT2D eigenvalue weighted by Crippen LogP contribution is -2.23. The van der Waals surface area contributed by atoms with Gasteiger partial charge in [0, 0.05) is 30.5 Å². The molecule has 3 heteroatoms. The van der Waals surface area contributed by atoms with Crippen molar-refractivity contribution in [3.05, 3.63) is 35.5 Å². The summed E-state index contributed by atoms with van der Waals surface area (Å²) in [5, 5.41) is 8.82. The molecule has 0 amide bonds. The van der Waals surface area contributed by atoms with E-state index in [0.717, 1.165) is 17.8 Å². The molecule has 1 aromatic rings. The molecule has 0 fully saturated rings. The lowest BCUT2D eigenvalue weighted by Gasteiger charge is -2.25. The third-order valence-electron chi connectivity index (χ3n) is 2.44. The molecule has 1 aromatic carbocycles. The minimum Gasteiger partial charge on any atom is -0.398 e. The first kappa shape index (κ1) is 9.09. The predicted molar refractivity (Wildman–Crippen MR) is 57.4 cm³/mol. The van der Waals surface area contributed by atoms with Gasteiger partial charge < -0.3 is 15.7 Å². The minimum atomic E-state index is 0.183. The maximum Gasteiger partial charge on any atom is 0.0606 e. The molecule has 1 aliphatic rings. The van der Waals surface area contributed by atoms with Crippen LogP contribution in [-0.2, 0) is 6.54 Å². The van der Waals surface area contributed by atoms with Gasteiger partial charge in [-0.15, -0.1) is 0 Å². The molecule has 0 saturated carbocycles. The Kier molecular flexibility index (Phi) is 2.41. The van der Waals surface area contributed by atoms with E-state index in [0.29, 0.717) is 6.54 Å². The molecular formula is C11H14N2O. The summed E-state index contributed by atoms with van der Waals surface area (Å²) < 4.78 is 0. The Labute approximate surface area is 83.5 Å². The molecular weight excluding hydrogens is 176 g/mol. The van der Waals surface area contributed by atoms with E-state index in [1.165, 1.54) is 5.56 Å². The predicted octanol–water partition coefficient (Wildman–Crippen LogP) is 1.05. The number of nitrogen functional groups attached to an aromatic ring is 1. The molecule has 1 aliphatic heterocycles. The molecule has 0 spiro atoms. The Morgan fingerprint density at radius 2 is 2.29 bits per heavy atom. The average Bonchev–Trinajstić information content (AvgIpc) is 2.18. The van der Waals surface area contributed by atoms with Gasteiger partial charge in [-0.3, -0.25) is 0 Å². The van der Waals surface area contributed by atoms with E-state index in [9.17, 15) is 0 Å². The maximum atomic E-state index is 8.82.